The summed E-state index contributed by atoms with van der Waals surface area (Å²) in [7, 11) is 0. The van der Waals surface area contributed by atoms with E-state index in [0.717, 1.165) is 18.8 Å². The van der Waals surface area contributed by atoms with E-state index >= 15 is 0 Å². The quantitative estimate of drug-likeness (QED) is 0.924. The molecule has 3 atom stereocenters. The molecule has 2 aromatic rings. The third-order valence-corrected chi connectivity index (χ3v) is 4.10. The maximum atomic E-state index is 3.96. The van der Waals surface area contributed by atoms with Crippen LogP contribution in [0.2, 0.25) is 0 Å². The Bertz CT molecular complexity index is 572. The summed E-state index contributed by atoms with van der Waals surface area (Å²) >= 11 is 0. The van der Waals surface area contributed by atoms with Crippen molar-refractivity contribution in [1.82, 2.24) is 30.4 Å². The molecule has 1 aromatic carbocycles. The second kappa shape index (κ2) is 5.91. The fourth-order valence-corrected chi connectivity index (χ4v) is 3.10. The Morgan fingerprint density at radius 1 is 1.24 bits per heavy atom. The highest BCUT2D eigenvalue weighted by Crippen LogP contribution is 2.24. The third-order valence-electron chi connectivity index (χ3n) is 4.10. The molecule has 3 rings (SSSR count). The lowest BCUT2D eigenvalue weighted by molar-refractivity contribution is 0.131. The molecule has 21 heavy (non-hydrogen) atoms. The number of aromatic nitrogens is 4. The van der Waals surface area contributed by atoms with Gasteiger partial charge in [0.1, 0.15) is 6.33 Å². The van der Waals surface area contributed by atoms with Gasteiger partial charge in [-0.05, 0) is 48.9 Å². The van der Waals surface area contributed by atoms with E-state index in [9.17, 15) is 0 Å². The predicted octanol–water partition coefficient (Wildman–Crippen LogP) is 1.41. The molecule has 0 amide bonds. The van der Waals surface area contributed by atoms with E-state index in [1.54, 1.807) is 11.0 Å². The monoisotopic (exact) mass is 286 g/mol. The van der Waals surface area contributed by atoms with Gasteiger partial charge in [0.25, 0.3) is 0 Å². The normalized spacial score (nSPS) is 24.9. The minimum absolute atomic E-state index is 0.383. The van der Waals surface area contributed by atoms with Gasteiger partial charge >= 0.3 is 0 Å². The summed E-state index contributed by atoms with van der Waals surface area (Å²) < 4.78 is 1.69. The molecule has 1 fully saturated rings. The minimum Gasteiger partial charge on any atom is -0.309 e. The summed E-state index contributed by atoms with van der Waals surface area (Å²) in [5.41, 5.74) is 2.30. The first-order valence-electron chi connectivity index (χ1n) is 7.47. The smallest absolute Gasteiger partial charge is 0.143 e. The first kappa shape index (κ1) is 14.2. The first-order valence-corrected chi connectivity index (χ1v) is 7.47. The number of tetrazole rings is 1. The molecular weight excluding hydrogens is 264 g/mol. The second-order valence-electron chi connectivity index (χ2n) is 5.95. The van der Waals surface area contributed by atoms with Crippen molar-refractivity contribution in [3.05, 3.63) is 36.2 Å². The summed E-state index contributed by atoms with van der Waals surface area (Å²) in [6.07, 6.45) is 1.62. The maximum Gasteiger partial charge on any atom is 0.143 e. The SMILES string of the molecule is CC1CN(C(C)c2cccc(-n3cnnn3)c2)CC(C)N1. The molecule has 6 nitrogen and oxygen atoms in total. The Hall–Kier alpha value is -1.79. The lowest BCUT2D eigenvalue weighted by Crippen LogP contribution is -2.54. The molecule has 1 aliphatic rings. The van der Waals surface area contributed by atoms with Crippen molar-refractivity contribution < 1.29 is 0 Å². The van der Waals surface area contributed by atoms with Crippen molar-refractivity contribution in [3.8, 4) is 5.69 Å². The molecule has 0 spiro atoms. The molecule has 2 heterocycles. The topological polar surface area (TPSA) is 58.9 Å². The maximum absolute atomic E-state index is 3.96. The zero-order valence-corrected chi connectivity index (χ0v) is 12.8. The van der Waals surface area contributed by atoms with Crippen LogP contribution in [0.15, 0.2) is 30.6 Å². The zero-order valence-electron chi connectivity index (χ0n) is 12.8. The van der Waals surface area contributed by atoms with Crippen molar-refractivity contribution >= 4 is 0 Å². The highest BCUT2D eigenvalue weighted by atomic mass is 15.5. The van der Waals surface area contributed by atoms with Crippen molar-refractivity contribution in [2.24, 2.45) is 0 Å². The second-order valence-corrected chi connectivity index (χ2v) is 5.95. The van der Waals surface area contributed by atoms with E-state index in [1.807, 2.05) is 6.07 Å². The average molecular weight is 286 g/mol. The van der Waals surface area contributed by atoms with Gasteiger partial charge in [-0.25, -0.2) is 4.68 Å². The summed E-state index contributed by atoms with van der Waals surface area (Å²) in [6, 6.07) is 9.87. The van der Waals surface area contributed by atoms with Gasteiger partial charge in [-0.1, -0.05) is 12.1 Å². The third kappa shape index (κ3) is 3.11. The Labute approximate surface area is 125 Å². The van der Waals surface area contributed by atoms with Gasteiger partial charge < -0.3 is 5.32 Å². The lowest BCUT2D eigenvalue weighted by Gasteiger charge is -2.39. The van der Waals surface area contributed by atoms with E-state index < -0.39 is 0 Å². The zero-order chi connectivity index (χ0) is 14.8. The average Bonchev–Trinajstić information content (AvgIpc) is 3.00. The molecule has 1 saturated heterocycles. The molecule has 1 aromatic heterocycles. The number of rotatable bonds is 3. The molecule has 6 heteroatoms. The highest BCUT2D eigenvalue weighted by Gasteiger charge is 2.25. The van der Waals surface area contributed by atoms with Crippen molar-refractivity contribution in [1.29, 1.82) is 0 Å². The standard InChI is InChI=1S/C15H22N6/c1-11-8-20(9-12(2)17-11)13(3)14-5-4-6-15(7-14)21-10-16-18-19-21/h4-7,10-13,17H,8-9H2,1-3H3. The van der Waals surface area contributed by atoms with Crippen LogP contribution in [-0.4, -0.2) is 50.3 Å². The van der Waals surface area contributed by atoms with Crippen molar-refractivity contribution in [3.63, 3.8) is 0 Å². The van der Waals surface area contributed by atoms with E-state index in [2.05, 4.69) is 64.7 Å². The van der Waals surface area contributed by atoms with Crippen molar-refractivity contribution in [2.75, 3.05) is 13.1 Å². The van der Waals surface area contributed by atoms with Crippen LogP contribution >= 0.6 is 0 Å². The number of nitrogens with one attached hydrogen (secondary N) is 1. The fraction of sp³-hybridized carbons (Fsp3) is 0.533. The van der Waals surface area contributed by atoms with E-state index in [4.69, 9.17) is 0 Å². The van der Waals surface area contributed by atoms with E-state index in [1.165, 1.54) is 5.56 Å². The molecule has 1 aliphatic heterocycles. The number of nitrogens with zero attached hydrogens (tertiary/aromatic N) is 5. The summed E-state index contributed by atoms with van der Waals surface area (Å²) in [5.74, 6) is 0. The van der Waals surface area contributed by atoms with Gasteiger partial charge in [-0.3, -0.25) is 4.90 Å². The summed E-state index contributed by atoms with van der Waals surface area (Å²) in [6.45, 7) is 8.89. The van der Waals surface area contributed by atoms with Gasteiger partial charge in [0.05, 0.1) is 5.69 Å². The molecule has 0 bridgehead atoms. The van der Waals surface area contributed by atoms with Crippen LogP contribution in [0.25, 0.3) is 5.69 Å². The van der Waals surface area contributed by atoms with Crippen LogP contribution in [0, 0.1) is 0 Å². The van der Waals surface area contributed by atoms with E-state index in [-0.39, 0.29) is 0 Å². The predicted molar refractivity (Wildman–Crippen MR) is 81.2 cm³/mol. The number of piperazine rings is 1. The van der Waals surface area contributed by atoms with Gasteiger partial charge in [-0.15, -0.1) is 5.10 Å². The van der Waals surface area contributed by atoms with E-state index in [0.29, 0.717) is 18.1 Å². The highest BCUT2D eigenvalue weighted by molar-refractivity contribution is 5.35. The number of benzene rings is 1. The summed E-state index contributed by atoms with van der Waals surface area (Å²) in [4.78, 5) is 2.53. The molecular formula is C15H22N6. The lowest BCUT2D eigenvalue weighted by atomic mass is 10.0. The van der Waals surface area contributed by atoms with Crippen LogP contribution in [0.3, 0.4) is 0 Å². The van der Waals surface area contributed by atoms with Crippen molar-refractivity contribution in [2.45, 2.75) is 38.9 Å². The number of hydrogen-bond acceptors (Lipinski definition) is 5. The fourth-order valence-electron chi connectivity index (χ4n) is 3.10. The van der Waals surface area contributed by atoms with Gasteiger partial charge in [0, 0.05) is 31.2 Å². The Morgan fingerprint density at radius 3 is 2.67 bits per heavy atom. The first-order chi connectivity index (χ1) is 10.1. The Balaban J connectivity index is 1.81. The van der Waals surface area contributed by atoms with Crippen LogP contribution in [0.4, 0.5) is 0 Å². The molecule has 1 N–H and O–H groups in total. The molecule has 0 aliphatic carbocycles. The van der Waals surface area contributed by atoms with Crippen LogP contribution in [0.1, 0.15) is 32.4 Å². The summed E-state index contributed by atoms with van der Waals surface area (Å²) in [5, 5.41) is 14.9. The number of hydrogen-bond donors (Lipinski definition) is 1. The Morgan fingerprint density at radius 2 is 2.00 bits per heavy atom. The molecule has 3 unspecified atom stereocenters. The van der Waals surface area contributed by atoms with Gasteiger partial charge in [0.2, 0.25) is 0 Å². The van der Waals surface area contributed by atoms with Crippen LogP contribution in [-0.2, 0) is 0 Å². The molecule has 112 valence electrons. The van der Waals surface area contributed by atoms with Gasteiger partial charge in [0.15, 0.2) is 0 Å². The molecule has 0 radical (unpaired) electrons. The largest absolute Gasteiger partial charge is 0.309 e. The van der Waals surface area contributed by atoms with Gasteiger partial charge in [-0.2, -0.15) is 0 Å². The molecule has 0 saturated carbocycles. The van der Waals surface area contributed by atoms with Crippen LogP contribution < -0.4 is 5.32 Å². The Kier molecular flexibility index (Phi) is 3.98. The minimum atomic E-state index is 0.383. The van der Waals surface area contributed by atoms with Crippen LogP contribution in [0.5, 0.6) is 0 Å².